The van der Waals surface area contributed by atoms with Gasteiger partial charge in [0.25, 0.3) is 0 Å². The van der Waals surface area contributed by atoms with E-state index in [4.69, 9.17) is 4.74 Å². The zero-order valence-electron chi connectivity index (χ0n) is 18.5. The molecule has 29 heavy (non-hydrogen) atoms. The molecule has 1 saturated heterocycles. The monoisotopic (exact) mass is 405 g/mol. The van der Waals surface area contributed by atoms with E-state index >= 15 is 0 Å². The first-order valence-electron chi connectivity index (χ1n) is 11.4. The van der Waals surface area contributed by atoms with Crippen LogP contribution in [-0.4, -0.2) is 71.6 Å². The molecule has 8 heteroatoms. The fourth-order valence-corrected chi connectivity index (χ4v) is 4.60. The van der Waals surface area contributed by atoms with Gasteiger partial charge in [0, 0.05) is 45.7 Å². The highest BCUT2D eigenvalue weighted by Gasteiger charge is 2.27. The van der Waals surface area contributed by atoms with E-state index in [1.165, 1.54) is 32.1 Å². The van der Waals surface area contributed by atoms with E-state index in [1.807, 2.05) is 7.05 Å². The van der Waals surface area contributed by atoms with Crippen LogP contribution in [0.15, 0.2) is 4.99 Å². The van der Waals surface area contributed by atoms with Crippen LogP contribution in [0.4, 0.5) is 0 Å². The van der Waals surface area contributed by atoms with Crippen LogP contribution in [0.2, 0.25) is 0 Å². The Bertz CT molecular complexity index is 635. The molecule has 3 rings (SSSR count). The number of morpholine rings is 1. The van der Waals surface area contributed by atoms with E-state index in [2.05, 4.69) is 49.1 Å². The van der Waals surface area contributed by atoms with Gasteiger partial charge in [-0.2, -0.15) is 0 Å². The molecule has 0 saturated carbocycles. The van der Waals surface area contributed by atoms with E-state index in [9.17, 15) is 0 Å². The van der Waals surface area contributed by atoms with Crippen LogP contribution in [-0.2, 0) is 24.2 Å². The SMILES string of the molecule is CCC(CC)C(CNC(=NC)NCc1nnc2n1CCCCC2)N1CCOCC1. The molecule has 1 aromatic heterocycles. The molecule has 2 N–H and O–H groups in total. The molecule has 0 amide bonds. The summed E-state index contributed by atoms with van der Waals surface area (Å²) in [7, 11) is 1.83. The van der Waals surface area contributed by atoms with E-state index in [0.29, 0.717) is 18.5 Å². The Morgan fingerprint density at radius 1 is 1.07 bits per heavy atom. The second-order valence-electron chi connectivity index (χ2n) is 8.09. The molecule has 1 fully saturated rings. The highest BCUT2D eigenvalue weighted by atomic mass is 16.5. The van der Waals surface area contributed by atoms with Gasteiger partial charge in [-0.15, -0.1) is 10.2 Å². The Morgan fingerprint density at radius 2 is 1.86 bits per heavy atom. The van der Waals surface area contributed by atoms with Gasteiger partial charge < -0.3 is 19.9 Å². The van der Waals surface area contributed by atoms with Crippen LogP contribution >= 0.6 is 0 Å². The lowest BCUT2D eigenvalue weighted by Crippen LogP contribution is -2.53. The molecular weight excluding hydrogens is 366 g/mol. The number of ether oxygens (including phenoxy) is 1. The summed E-state index contributed by atoms with van der Waals surface area (Å²) in [4.78, 5) is 7.02. The van der Waals surface area contributed by atoms with Crippen molar-refractivity contribution >= 4 is 5.96 Å². The number of guanidine groups is 1. The number of rotatable bonds is 8. The number of nitrogens with zero attached hydrogens (tertiary/aromatic N) is 5. The number of fused-ring (bicyclic) bond motifs is 1. The third kappa shape index (κ3) is 5.92. The lowest BCUT2D eigenvalue weighted by atomic mass is 9.92. The number of aryl methyl sites for hydroxylation is 1. The van der Waals surface area contributed by atoms with Gasteiger partial charge in [0.1, 0.15) is 5.82 Å². The minimum Gasteiger partial charge on any atom is -0.379 e. The summed E-state index contributed by atoms with van der Waals surface area (Å²) < 4.78 is 7.85. The number of hydrogen-bond acceptors (Lipinski definition) is 5. The predicted molar refractivity (Wildman–Crippen MR) is 116 cm³/mol. The van der Waals surface area contributed by atoms with Gasteiger partial charge in [-0.1, -0.05) is 33.1 Å². The molecule has 0 aromatic carbocycles. The Labute approximate surface area is 175 Å². The summed E-state index contributed by atoms with van der Waals surface area (Å²) in [6.45, 7) is 10.9. The smallest absolute Gasteiger partial charge is 0.191 e. The van der Waals surface area contributed by atoms with Crippen LogP contribution in [0.25, 0.3) is 0 Å². The lowest BCUT2D eigenvalue weighted by molar-refractivity contribution is 0.00272. The molecule has 0 spiro atoms. The van der Waals surface area contributed by atoms with Crippen molar-refractivity contribution in [3.8, 4) is 0 Å². The third-order valence-electron chi connectivity index (χ3n) is 6.41. The highest BCUT2D eigenvalue weighted by Crippen LogP contribution is 2.19. The molecule has 1 unspecified atom stereocenters. The molecule has 2 aliphatic heterocycles. The van der Waals surface area contributed by atoms with Crippen LogP contribution in [0.1, 0.15) is 57.6 Å². The summed E-state index contributed by atoms with van der Waals surface area (Å²) in [5, 5.41) is 15.8. The van der Waals surface area contributed by atoms with Gasteiger partial charge >= 0.3 is 0 Å². The molecule has 3 heterocycles. The average molecular weight is 406 g/mol. The Morgan fingerprint density at radius 3 is 2.59 bits per heavy atom. The van der Waals surface area contributed by atoms with Crippen LogP contribution in [0.5, 0.6) is 0 Å². The van der Waals surface area contributed by atoms with Gasteiger partial charge in [0.2, 0.25) is 0 Å². The summed E-state index contributed by atoms with van der Waals surface area (Å²) in [5.41, 5.74) is 0. The first kappa shape index (κ1) is 22.0. The molecule has 0 radical (unpaired) electrons. The third-order valence-corrected chi connectivity index (χ3v) is 6.41. The molecule has 0 aliphatic carbocycles. The van der Waals surface area contributed by atoms with E-state index < -0.39 is 0 Å². The minimum atomic E-state index is 0.497. The molecular formula is C21H39N7O. The highest BCUT2D eigenvalue weighted by molar-refractivity contribution is 5.79. The van der Waals surface area contributed by atoms with Crippen molar-refractivity contribution in [3.63, 3.8) is 0 Å². The summed E-state index contributed by atoms with van der Waals surface area (Å²) >= 11 is 0. The summed E-state index contributed by atoms with van der Waals surface area (Å²) in [6.07, 6.45) is 7.13. The molecule has 164 valence electrons. The van der Waals surface area contributed by atoms with Gasteiger partial charge in [-0.25, -0.2) is 0 Å². The van der Waals surface area contributed by atoms with Crippen molar-refractivity contribution in [2.75, 3.05) is 39.9 Å². The standard InChI is InChI=1S/C21H39N7O/c1-4-17(5-2)18(27-11-13-29-14-12-27)15-23-21(22-3)24-16-20-26-25-19-9-7-6-8-10-28(19)20/h17-18H,4-16H2,1-3H3,(H2,22,23,24). The quantitative estimate of drug-likeness (QED) is 0.507. The van der Waals surface area contributed by atoms with Gasteiger partial charge in [-0.05, 0) is 18.8 Å². The van der Waals surface area contributed by atoms with E-state index in [1.54, 1.807) is 0 Å². The number of nitrogens with one attached hydrogen (secondary N) is 2. The van der Waals surface area contributed by atoms with Crippen molar-refractivity contribution in [1.82, 2.24) is 30.3 Å². The maximum atomic E-state index is 5.56. The zero-order chi connectivity index (χ0) is 20.5. The summed E-state index contributed by atoms with van der Waals surface area (Å²) in [6, 6.07) is 0.497. The van der Waals surface area contributed by atoms with Crippen molar-refractivity contribution in [2.24, 2.45) is 10.9 Å². The molecule has 8 nitrogen and oxygen atoms in total. The number of aliphatic imine (C=N–C) groups is 1. The van der Waals surface area contributed by atoms with Crippen LogP contribution in [0, 0.1) is 5.92 Å². The second kappa shape index (κ2) is 11.5. The number of aromatic nitrogens is 3. The van der Waals surface area contributed by atoms with Crippen molar-refractivity contribution in [2.45, 2.75) is 71.5 Å². The molecule has 1 aromatic rings. The lowest BCUT2D eigenvalue weighted by Gasteiger charge is -2.39. The second-order valence-corrected chi connectivity index (χ2v) is 8.09. The molecule has 0 bridgehead atoms. The van der Waals surface area contributed by atoms with Gasteiger partial charge in [-0.3, -0.25) is 9.89 Å². The topological polar surface area (TPSA) is 79.6 Å². The zero-order valence-corrected chi connectivity index (χ0v) is 18.5. The van der Waals surface area contributed by atoms with Crippen molar-refractivity contribution in [1.29, 1.82) is 0 Å². The van der Waals surface area contributed by atoms with Crippen LogP contribution < -0.4 is 10.6 Å². The summed E-state index contributed by atoms with van der Waals surface area (Å²) in [5.74, 6) is 3.64. The molecule has 2 aliphatic rings. The van der Waals surface area contributed by atoms with Gasteiger partial charge in [0.15, 0.2) is 11.8 Å². The minimum absolute atomic E-state index is 0.497. The van der Waals surface area contributed by atoms with E-state index in [-0.39, 0.29) is 0 Å². The first-order valence-corrected chi connectivity index (χ1v) is 11.4. The molecule has 1 atom stereocenters. The normalized spacial score (nSPS) is 19.7. The Balaban J connectivity index is 1.56. The van der Waals surface area contributed by atoms with Crippen molar-refractivity contribution in [3.05, 3.63) is 11.6 Å². The van der Waals surface area contributed by atoms with E-state index in [0.717, 1.165) is 63.4 Å². The maximum Gasteiger partial charge on any atom is 0.191 e. The fourth-order valence-electron chi connectivity index (χ4n) is 4.60. The number of hydrogen-bond donors (Lipinski definition) is 2. The largest absolute Gasteiger partial charge is 0.379 e. The maximum absolute atomic E-state index is 5.56. The fraction of sp³-hybridized carbons (Fsp3) is 0.857. The Kier molecular flexibility index (Phi) is 8.73. The van der Waals surface area contributed by atoms with Crippen LogP contribution in [0.3, 0.4) is 0 Å². The average Bonchev–Trinajstić information content (AvgIpc) is 2.99. The van der Waals surface area contributed by atoms with Gasteiger partial charge in [0.05, 0.1) is 19.8 Å². The predicted octanol–water partition coefficient (Wildman–Crippen LogP) is 1.81. The first-order chi connectivity index (χ1) is 14.3. The van der Waals surface area contributed by atoms with Crippen molar-refractivity contribution < 1.29 is 4.74 Å². The Hall–Kier alpha value is -1.67.